The number of hydrogen-bond acceptors (Lipinski definition) is 3. The number of amidine groups is 1. The van der Waals surface area contributed by atoms with Crippen LogP contribution in [0.4, 0.5) is 13.2 Å². The average molecular weight is 269 g/mol. The van der Waals surface area contributed by atoms with Crippen LogP contribution in [0.15, 0.2) is 5.16 Å². The van der Waals surface area contributed by atoms with Gasteiger partial charge >= 0.3 is 6.18 Å². The number of oxime groups is 1. The zero-order chi connectivity index (χ0) is 14.2. The van der Waals surface area contributed by atoms with Crippen LogP contribution in [0.5, 0.6) is 0 Å². The van der Waals surface area contributed by atoms with Crippen molar-refractivity contribution in [2.24, 2.45) is 16.3 Å². The molecule has 0 heterocycles. The standard InChI is InChI=1S/C11H22F3N3O/c1-10(2,9(15)17-18)5-3-4-7-16-8-6-11(12,13)14/h16,18H,3-8H2,1-2H3,(H2,15,17). The fourth-order valence-electron chi connectivity index (χ4n) is 1.44. The third-order valence-corrected chi connectivity index (χ3v) is 2.79. The summed E-state index contributed by atoms with van der Waals surface area (Å²) < 4.78 is 35.5. The number of unbranched alkanes of at least 4 members (excludes halogenated alkanes) is 1. The quantitative estimate of drug-likeness (QED) is 0.208. The van der Waals surface area contributed by atoms with Gasteiger partial charge in [0.1, 0.15) is 5.84 Å². The largest absolute Gasteiger partial charge is 0.409 e. The molecule has 0 aliphatic carbocycles. The van der Waals surface area contributed by atoms with E-state index in [4.69, 9.17) is 10.9 Å². The lowest BCUT2D eigenvalue weighted by atomic mass is 9.86. The van der Waals surface area contributed by atoms with Crippen LogP contribution in [-0.4, -0.2) is 30.3 Å². The van der Waals surface area contributed by atoms with E-state index in [1.807, 2.05) is 13.8 Å². The Morgan fingerprint density at radius 3 is 2.28 bits per heavy atom. The van der Waals surface area contributed by atoms with Crippen LogP contribution < -0.4 is 11.1 Å². The summed E-state index contributed by atoms with van der Waals surface area (Å²) in [6.07, 6.45) is -2.60. The van der Waals surface area contributed by atoms with Crippen LogP contribution in [0.2, 0.25) is 0 Å². The highest BCUT2D eigenvalue weighted by atomic mass is 19.4. The second-order valence-electron chi connectivity index (χ2n) is 4.94. The van der Waals surface area contributed by atoms with Gasteiger partial charge in [0, 0.05) is 12.0 Å². The monoisotopic (exact) mass is 269 g/mol. The number of nitrogens with zero attached hydrogens (tertiary/aromatic N) is 1. The Balaban J connectivity index is 3.58. The van der Waals surface area contributed by atoms with Crippen molar-refractivity contribution in [2.75, 3.05) is 13.1 Å². The Kier molecular flexibility index (Phi) is 7.05. The molecule has 0 radical (unpaired) electrons. The Labute approximate surface area is 105 Å². The molecule has 108 valence electrons. The predicted molar refractivity (Wildman–Crippen MR) is 64.6 cm³/mol. The first kappa shape index (κ1) is 17.0. The molecule has 0 saturated heterocycles. The highest BCUT2D eigenvalue weighted by Gasteiger charge is 2.26. The minimum atomic E-state index is -4.10. The van der Waals surface area contributed by atoms with E-state index in [-0.39, 0.29) is 17.8 Å². The molecule has 0 atom stereocenters. The molecule has 0 aliphatic heterocycles. The summed E-state index contributed by atoms with van der Waals surface area (Å²) in [6.45, 7) is 4.22. The third kappa shape index (κ3) is 8.16. The molecule has 4 nitrogen and oxygen atoms in total. The Hall–Kier alpha value is -0.980. The SMILES string of the molecule is CC(C)(CCCCNCCC(F)(F)F)C(N)=NO. The van der Waals surface area contributed by atoms with E-state index >= 15 is 0 Å². The van der Waals surface area contributed by atoms with Crippen molar-refractivity contribution in [3.63, 3.8) is 0 Å². The van der Waals surface area contributed by atoms with Gasteiger partial charge in [0.25, 0.3) is 0 Å². The van der Waals surface area contributed by atoms with Crippen LogP contribution in [0, 0.1) is 5.41 Å². The van der Waals surface area contributed by atoms with Crippen LogP contribution in [-0.2, 0) is 0 Å². The summed E-state index contributed by atoms with van der Waals surface area (Å²) in [6, 6.07) is 0. The van der Waals surface area contributed by atoms with Gasteiger partial charge in [-0.05, 0) is 19.4 Å². The van der Waals surface area contributed by atoms with Crippen molar-refractivity contribution >= 4 is 5.84 Å². The maximum absolute atomic E-state index is 11.8. The maximum atomic E-state index is 11.8. The van der Waals surface area contributed by atoms with E-state index in [9.17, 15) is 13.2 Å². The summed E-state index contributed by atoms with van der Waals surface area (Å²) in [4.78, 5) is 0. The molecule has 7 heteroatoms. The van der Waals surface area contributed by atoms with Crippen molar-refractivity contribution in [1.29, 1.82) is 0 Å². The molecule has 0 aliphatic rings. The predicted octanol–water partition coefficient (Wildman–Crippen LogP) is 2.47. The second-order valence-corrected chi connectivity index (χ2v) is 4.94. The zero-order valence-electron chi connectivity index (χ0n) is 10.8. The number of nitrogens with two attached hydrogens (primary N) is 1. The lowest BCUT2D eigenvalue weighted by Crippen LogP contribution is -2.32. The topological polar surface area (TPSA) is 70.6 Å². The molecular weight excluding hydrogens is 247 g/mol. The Bertz CT molecular complexity index is 265. The van der Waals surface area contributed by atoms with Crippen molar-refractivity contribution in [2.45, 2.75) is 45.7 Å². The number of nitrogens with one attached hydrogen (secondary N) is 1. The molecule has 0 aromatic heterocycles. The van der Waals surface area contributed by atoms with Crippen LogP contribution >= 0.6 is 0 Å². The van der Waals surface area contributed by atoms with Crippen molar-refractivity contribution in [3.05, 3.63) is 0 Å². The highest BCUT2D eigenvalue weighted by Crippen LogP contribution is 2.23. The van der Waals surface area contributed by atoms with Crippen LogP contribution in [0.1, 0.15) is 39.5 Å². The minimum absolute atomic E-state index is 0.0485. The van der Waals surface area contributed by atoms with Gasteiger partial charge in [-0.1, -0.05) is 25.4 Å². The van der Waals surface area contributed by atoms with E-state index in [1.54, 1.807) is 0 Å². The fraction of sp³-hybridized carbons (Fsp3) is 0.909. The van der Waals surface area contributed by atoms with Crippen molar-refractivity contribution in [1.82, 2.24) is 5.32 Å². The van der Waals surface area contributed by atoms with E-state index in [0.717, 1.165) is 19.3 Å². The molecule has 0 unspecified atom stereocenters. The highest BCUT2D eigenvalue weighted by molar-refractivity contribution is 5.85. The molecule has 18 heavy (non-hydrogen) atoms. The van der Waals surface area contributed by atoms with Crippen LogP contribution in [0.25, 0.3) is 0 Å². The average Bonchev–Trinajstić information content (AvgIpc) is 2.25. The first-order valence-corrected chi connectivity index (χ1v) is 5.94. The molecule has 0 amide bonds. The molecule has 4 N–H and O–H groups in total. The summed E-state index contributed by atoms with van der Waals surface area (Å²) in [5.41, 5.74) is 5.13. The molecule has 0 aromatic rings. The molecular formula is C11H22F3N3O. The van der Waals surface area contributed by atoms with Gasteiger partial charge in [-0.2, -0.15) is 13.2 Å². The molecule has 0 spiro atoms. The number of rotatable bonds is 8. The van der Waals surface area contributed by atoms with Gasteiger partial charge < -0.3 is 16.3 Å². The van der Waals surface area contributed by atoms with Crippen molar-refractivity contribution in [3.8, 4) is 0 Å². The fourth-order valence-corrected chi connectivity index (χ4v) is 1.44. The first-order valence-electron chi connectivity index (χ1n) is 5.94. The second kappa shape index (κ2) is 7.45. The van der Waals surface area contributed by atoms with E-state index in [2.05, 4.69) is 10.5 Å². The van der Waals surface area contributed by atoms with E-state index in [1.165, 1.54) is 0 Å². The molecule has 0 bridgehead atoms. The summed E-state index contributed by atoms with van der Waals surface area (Å²) in [5, 5.41) is 14.3. The molecule has 0 fully saturated rings. The molecule has 0 aromatic carbocycles. The molecule has 0 rings (SSSR count). The van der Waals surface area contributed by atoms with E-state index in [0.29, 0.717) is 6.54 Å². The number of halogens is 3. The van der Waals surface area contributed by atoms with Gasteiger partial charge in [0.15, 0.2) is 0 Å². The minimum Gasteiger partial charge on any atom is -0.409 e. The first-order chi connectivity index (χ1) is 8.19. The lowest BCUT2D eigenvalue weighted by molar-refractivity contribution is -0.133. The van der Waals surface area contributed by atoms with Gasteiger partial charge in [0.2, 0.25) is 0 Å². The Morgan fingerprint density at radius 1 is 1.17 bits per heavy atom. The number of hydrogen-bond donors (Lipinski definition) is 3. The zero-order valence-corrected chi connectivity index (χ0v) is 10.8. The van der Waals surface area contributed by atoms with E-state index < -0.39 is 12.6 Å². The number of alkyl halides is 3. The third-order valence-electron chi connectivity index (χ3n) is 2.79. The summed E-state index contributed by atoms with van der Waals surface area (Å²) in [7, 11) is 0. The Morgan fingerprint density at radius 2 is 1.78 bits per heavy atom. The lowest BCUT2D eigenvalue weighted by Gasteiger charge is -2.22. The summed E-state index contributed by atoms with van der Waals surface area (Å²) in [5.74, 6) is 0.174. The van der Waals surface area contributed by atoms with Crippen molar-refractivity contribution < 1.29 is 18.4 Å². The van der Waals surface area contributed by atoms with Gasteiger partial charge in [-0.25, -0.2) is 0 Å². The smallest absolute Gasteiger partial charge is 0.390 e. The van der Waals surface area contributed by atoms with Crippen LogP contribution in [0.3, 0.4) is 0 Å². The normalized spacial score (nSPS) is 13.9. The molecule has 0 saturated carbocycles. The van der Waals surface area contributed by atoms with Gasteiger partial charge in [-0.3, -0.25) is 0 Å². The summed E-state index contributed by atoms with van der Waals surface area (Å²) >= 11 is 0. The van der Waals surface area contributed by atoms with Gasteiger partial charge in [-0.15, -0.1) is 0 Å². The van der Waals surface area contributed by atoms with Gasteiger partial charge in [0.05, 0.1) is 6.42 Å². The maximum Gasteiger partial charge on any atom is 0.390 e.